The number of anilines is 1. The predicted octanol–water partition coefficient (Wildman–Crippen LogP) is 2.21. The Morgan fingerprint density at radius 2 is 1.86 bits per heavy atom. The number of hydrogen-bond donors (Lipinski definition) is 2. The Morgan fingerprint density at radius 3 is 2.52 bits per heavy atom. The third-order valence-corrected chi connectivity index (χ3v) is 4.28. The number of carbonyl (C=O) groups excluding carboxylic acids is 2. The number of aromatic nitrogens is 1. The van der Waals surface area contributed by atoms with Crippen LogP contribution in [0, 0.1) is 0 Å². The monoisotopic (exact) mass is 297 g/mol. The number of thiophene rings is 1. The first kappa shape index (κ1) is 13.3. The van der Waals surface area contributed by atoms with Crippen LogP contribution in [0.2, 0.25) is 0 Å². The molecule has 104 valence electrons. The molecule has 0 radical (unpaired) electrons. The molecule has 0 bridgehead atoms. The average molecular weight is 297 g/mol. The van der Waals surface area contributed by atoms with Gasteiger partial charge in [0.25, 0.3) is 5.91 Å². The first-order valence-electron chi connectivity index (χ1n) is 6.15. The van der Waals surface area contributed by atoms with Gasteiger partial charge in [-0.25, -0.2) is 4.98 Å². The Balaban J connectivity index is 2.18. The van der Waals surface area contributed by atoms with Gasteiger partial charge in [0.2, 0.25) is 5.78 Å². The number of ketones is 1. The molecule has 3 aromatic rings. The molecule has 4 N–H and O–H groups in total. The molecule has 0 aliphatic rings. The van der Waals surface area contributed by atoms with Crippen molar-refractivity contribution in [1.29, 1.82) is 0 Å². The van der Waals surface area contributed by atoms with E-state index in [0.29, 0.717) is 20.5 Å². The highest BCUT2D eigenvalue weighted by Gasteiger charge is 2.18. The van der Waals surface area contributed by atoms with Crippen LogP contribution in [0.4, 0.5) is 5.82 Å². The van der Waals surface area contributed by atoms with Crippen LogP contribution >= 0.6 is 11.3 Å². The topological polar surface area (TPSA) is 99.1 Å². The van der Waals surface area contributed by atoms with Crippen LogP contribution in [-0.2, 0) is 0 Å². The molecular weight excluding hydrogens is 286 g/mol. The quantitative estimate of drug-likeness (QED) is 0.724. The van der Waals surface area contributed by atoms with Crippen molar-refractivity contribution in [1.82, 2.24) is 4.98 Å². The minimum Gasteiger partial charge on any atom is -0.383 e. The Kier molecular flexibility index (Phi) is 3.15. The van der Waals surface area contributed by atoms with E-state index in [0.717, 1.165) is 0 Å². The van der Waals surface area contributed by atoms with Crippen molar-refractivity contribution in [2.75, 3.05) is 5.73 Å². The smallest absolute Gasteiger partial charge is 0.251 e. The fourth-order valence-electron chi connectivity index (χ4n) is 2.06. The molecule has 0 spiro atoms. The van der Waals surface area contributed by atoms with E-state index >= 15 is 0 Å². The van der Waals surface area contributed by atoms with E-state index in [4.69, 9.17) is 11.5 Å². The maximum absolute atomic E-state index is 12.4. The number of nitrogens with zero attached hydrogens (tertiary/aromatic N) is 1. The molecular formula is C15H11N3O2S. The van der Waals surface area contributed by atoms with E-state index in [2.05, 4.69) is 4.98 Å². The first-order valence-corrected chi connectivity index (χ1v) is 6.97. The number of primary amides is 1. The number of rotatable bonds is 3. The summed E-state index contributed by atoms with van der Waals surface area (Å²) in [4.78, 5) is 28.3. The summed E-state index contributed by atoms with van der Waals surface area (Å²) < 4.78 is 0.592. The van der Waals surface area contributed by atoms with Gasteiger partial charge in [0.15, 0.2) is 0 Å². The van der Waals surface area contributed by atoms with Crippen LogP contribution in [-0.4, -0.2) is 16.7 Å². The lowest BCUT2D eigenvalue weighted by atomic mass is 10.1. The second-order valence-corrected chi connectivity index (χ2v) is 5.52. The zero-order valence-electron chi connectivity index (χ0n) is 10.9. The van der Waals surface area contributed by atoms with Crippen molar-refractivity contribution in [3.05, 3.63) is 58.6 Å². The molecule has 0 unspecified atom stereocenters. The van der Waals surface area contributed by atoms with Crippen LogP contribution in [0.25, 0.3) is 10.1 Å². The highest BCUT2D eigenvalue weighted by atomic mass is 32.1. The number of hydrogen-bond acceptors (Lipinski definition) is 5. The molecule has 6 heteroatoms. The second kappa shape index (κ2) is 4.99. The number of nitrogens with two attached hydrogens (primary N) is 2. The van der Waals surface area contributed by atoms with Crippen molar-refractivity contribution >= 4 is 38.9 Å². The normalized spacial score (nSPS) is 10.7. The van der Waals surface area contributed by atoms with Crippen molar-refractivity contribution in [3.63, 3.8) is 0 Å². The van der Waals surface area contributed by atoms with Crippen molar-refractivity contribution < 1.29 is 9.59 Å². The number of fused-ring (bicyclic) bond motifs is 1. The molecule has 1 amide bonds. The highest BCUT2D eigenvalue weighted by Crippen LogP contribution is 2.32. The Hall–Kier alpha value is -2.73. The summed E-state index contributed by atoms with van der Waals surface area (Å²) in [6.07, 6.45) is 1.34. The van der Waals surface area contributed by atoms with Crippen LogP contribution in [0.5, 0.6) is 0 Å². The van der Waals surface area contributed by atoms with Crippen LogP contribution in [0.1, 0.15) is 25.6 Å². The van der Waals surface area contributed by atoms with Crippen LogP contribution in [0.3, 0.4) is 0 Å². The SMILES string of the molecule is NC(=O)c1cnc(N)c2cc(C(=O)c3ccccc3)sc12. The summed E-state index contributed by atoms with van der Waals surface area (Å²) in [5.41, 5.74) is 12.0. The van der Waals surface area contributed by atoms with Gasteiger partial charge < -0.3 is 11.5 Å². The van der Waals surface area contributed by atoms with Gasteiger partial charge in [-0.2, -0.15) is 0 Å². The number of carbonyl (C=O) groups is 2. The van der Waals surface area contributed by atoms with Crippen LogP contribution < -0.4 is 11.5 Å². The average Bonchev–Trinajstić information content (AvgIpc) is 2.93. The maximum Gasteiger partial charge on any atom is 0.251 e. The summed E-state index contributed by atoms with van der Waals surface area (Å²) in [7, 11) is 0. The zero-order valence-corrected chi connectivity index (χ0v) is 11.7. The number of benzene rings is 1. The van der Waals surface area contributed by atoms with Gasteiger partial charge in [-0.3, -0.25) is 9.59 Å². The largest absolute Gasteiger partial charge is 0.383 e. The van der Waals surface area contributed by atoms with E-state index in [1.807, 2.05) is 6.07 Å². The van der Waals surface area contributed by atoms with Gasteiger partial charge in [0.1, 0.15) is 5.82 Å². The summed E-state index contributed by atoms with van der Waals surface area (Å²) in [6, 6.07) is 10.6. The van der Waals surface area contributed by atoms with Gasteiger partial charge in [-0.05, 0) is 6.07 Å². The van der Waals surface area contributed by atoms with E-state index in [9.17, 15) is 9.59 Å². The number of nitrogen functional groups attached to an aromatic ring is 1. The van der Waals surface area contributed by atoms with Gasteiger partial charge in [0.05, 0.1) is 15.1 Å². The molecule has 0 atom stereocenters. The standard InChI is InChI=1S/C15H11N3O2S/c16-14-9-6-11(12(19)8-4-2-1-3-5-8)21-13(9)10(7-18-14)15(17)20/h1-7H,(H2,16,18)(H2,17,20). The Morgan fingerprint density at radius 1 is 1.14 bits per heavy atom. The van der Waals surface area contributed by atoms with Crippen molar-refractivity contribution in [2.45, 2.75) is 0 Å². The van der Waals surface area contributed by atoms with Crippen LogP contribution in [0.15, 0.2) is 42.6 Å². The number of pyridine rings is 1. The molecule has 2 aromatic heterocycles. The number of amides is 1. The summed E-state index contributed by atoms with van der Waals surface area (Å²) in [6.45, 7) is 0. The molecule has 0 saturated carbocycles. The fourth-order valence-corrected chi connectivity index (χ4v) is 3.21. The van der Waals surface area contributed by atoms with E-state index in [1.165, 1.54) is 17.5 Å². The minimum atomic E-state index is -0.590. The Bertz CT molecular complexity index is 856. The molecule has 0 aliphatic heterocycles. The van der Waals surface area contributed by atoms with E-state index in [1.54, 1.807) is 30.3 Å². The molecule has 0 aliphatic carbocycles. The second-order valence-electron chi connectivity index (χ2n) is 4.47. The highest BCUT2D eigenvalue weighted by molar-refractivity contribution is 7.21. The minimum absolute atomic E-state index is 0.119. The molecule has 0 saturated heterocycles. The molecule has 1 aromatic carbocycles. The summed E-state index contributed by atoms with van der Waals surface area (Å²) in [5.74, 6) is -0.432. The third kappa shape index (κ3) is 2.25. The van der Waals surface area contributed by atoms with E-state index < -0.39 is 5.91 Å². The molecule has 0 fully saturated rings. The summed E-state index contributed by atoms with van der Waals surface area (Å²) >= 11 is 1.20. The third-order valence-electron chi connectivity index (χ3n) is 3.11. The van der Waals surface area contributed by atoms with Crippen molar-refractivity contribution in [3.8, 4) is 0 Å². The van der Waals surface area contributed by atoms with Gasteiger partial charge in [-0.1, -0.05) is 30.3 Å². The van der Waals surface area contributed by atoms with Crippen molar-refractivity contribution in [2.24, 2.45) is 5.73 Å². The maximum atomic E-state index is 12.4. The molecule has 3 rings (SSSR count). The van der Waals surface area contributed by atoms with Gasteiger partial charge in [0, 0.05) is 17.1 Å². The van der Waals surface area contributed by atoms with E-state index in [-0.39, 0.29) is 17.2 Å². The predicted molar refractivity (Wildman–Crippen MR) is 82.4 cm³/mol. The Labute approximate surface area is 124 Å². The lowest BCUT2D eigenvalue weighted by Gasteiger charge is -1.99. The zero-order chi connectivity index (χ0) is 15.0. The molecule has 5 nitrogen and oxygen atoms in total. The lowest BCUT2D eigenvalue weighted by Crippen LogP contribution is -2.11. The van der Waals surface area contributed by atoms with Gasteiger partial charge in [-0.15, -0.1) is 11.3 Å². The van der Waals surface area contributed by atoms with Gasteiger partial charge >= 0.3 is 0 Å². The fraction of sp³-hybridized carbons (Fsp3) is 0. The molecule has 21 heavy (non-hydrogen) atoms. The first-order chi connectivity index (χ1) is 10.1. The lowest BCUT2D eigenvalue weighted by molar-refractivity contribution is 0.1000. The molecule has 2 heterocycles. The summed E-state index contributed by atoms with van der Waals surface area (Å²) in [5, 5.41) is 0.579.